The Labute approximate surface area is 145 Å². The lowest BCUT2D eigenvalue weighted by Gasteiger charge is -2.14. The molecule has 6 nitrogen and oxygen atoms in total. The fourth-order valence-electron chi connectivity index (χ4n) is 1.87. The number of ether oxygens (including phenoxy) is 1. The highest BCUT2D eigenvalue weighted by Gasteiger charge is 2.16. The minimum absolute atomic E-state index is 0.0944. The van der Waals surface area contributed by atoms with E-state index >= 15 is 0 Å². The van der Waals surface area contributed by atoms with Crippen molar-refractivity contribution in [1.29, 1.82) is 0 Å². The van der Waals surface area contributed by atoms with E-state index < -0.39 is 10.0 Å². The Morgan fingerprint density at radius 1 is 1.25 bits per heavy atom. The molecule has 136 valence electrons. The van der Waals surface area contributed by atoms with E-state index in [2.05, 4.69) is 10.0 Å². The minimum Gasteiger partial charge on any atom is -0.484 e. The lowest BCUT2D eigenvalue weighted by Crippen LogP contribution is -2.35. The molecule has 0 aromatic heterocycles. The summed E-state index contributed by atoms with van der Waals surface area (Å²) in [4.78, 5) is 11.9. The first-order valence-corrected chi connectivity index (χ1v) is 9.66. The number of benzene rings is 1. The van der Waals surface area contributed by atoms with Crippen molar-refractivity contribution in [3.63, 3.8) is 0 Å². The van der Waals surface area contributed by atoms with Crippen molar-refractivity contribution in [2.45, 2.75) is 52.0 Å². The number of aryl methyl sites for hydroxylation is 1. The van der Waals surface area contributed by atoms with Crippen LogP contribution in [0.5, 0.6) is 5.75 Å². The van der Waals surface area contributed by atoms with Gasteiger partial charge in [0.2, 0.25) is 10.0 Å². The molecule has 2 N–H and O–H groups in total. The van der Waals surface area contributed by atoms with Crippen LogP contribution in [-0.4, -0.2) is 33.5 Å². The second-order valence-corrected chi connectivity index (χ2v) is 8.11. The smallest absolute Gasteiger partial charge is 0.258 e. The second kappa shape index (κ2) is 9.03. The van der Waals surface area contributed by atoms with Crippen molar-refractivity contribution in [1.82, 2.24) is 10.0 Å². The molecule has 24 heavy (non-hydrogen) atoms. The number of hydrogen-bond acceptors (Lipinski definition) is 4. The zero-order chi connectivity index (χ0) is 18.3. The van der Waals surface area contributed by atoms with Gasteiger partial charge in [0.15, 0.2) is 6.61 Å². The van der Waals surface area contributed by atoms with E-state index in [0.29, 0.717) is 17.9 Å². The molecule has 1 rings (SSSR count). The lowest BCUT2D eigenvalue weighted by atomic mass is 10.2. The van der Waals surface area contributed by atoms with Crippen molar-refractivity contribution < 1.29 is 17.9 Å². The maximum Gasteiger partial charge on any atom is 0.258 e. The summed E-state index contributed by atoms with van der Waals surface area (Å²) in [5, 5.41) is 2.81. The van der Waals surface area contributed by atoms with Gasteiger partial charge in [0.1, 0.15) is 5.75 Å². The van der Waals surface area contributed by atoms with E-state index in [1.54, 1.807) is 19.1 Å². The van der Waals surface area contributed by atoms with Gasteiger partial charge < -0.3 is 10.1 Å². The summed E-state index contributed by atoms with van der Waals surface area (Å²) in [7, 11) is -3.53. The molecule has 0 radical (unpaired) electrons. The first-order valence-electron chi connectivity index (χ1n) is 8.18. The average Bonchev–Trinajstić information content (AvgIpc) is 2.51. The van der Waals surface area contributed by atoms with Gasteiger partial charge in [-0.1, -0.05) is 20.8 Å². The predicted molar refractivity (Wildman–Crippen MR) is 94.6 cm³/mol. The number of hydrogen-bond donors (Lipinski definition) is 2. The number of nitrogens with one attached hydrogen (secondary N) is 2. The molecule has 1 aromatic carbocycles. The summed E-state index contributed by atoms with van der Waals surface area (Å²) in [6, 6.07) is 4.71. The van der Waals surface area contributed by atoms with Crippen LogP contribution >= 0.6 is 0 Å². The quantitative estimate of drug-likeness (QED) is 0.710. The molecule has 7 heteroatoms. The summed E-state index contributed by atoms with van der Waals surface area (Å²) in [5.41, 5.74) is 0.666. The van der Waals surface area contributed by atoms with Crippen molar-refractivity contribution in [3.8, 4) is 5.75 Å². The molecule has 0 spiro atoms. The summed E-state index contributed by atoms with van der Waals surface area (Å²) < 4.78 is 32.5. The number of rotatable bonds is 9. The van der Waals surface area contributed by atoms with E-state index in [4.69, 9.17) is 4.74 Å². The van der Waals surface area contributed by atoms with E-state index in [-0.39, 0.29) is 29.4 Å². The molecule has 0 heterocycles. The van der Waals surface area contributed by atoms with Gasteiger partial charge in [0.25, 0.3) is 5.91 Å². The summed E-state index contributed by atoms with van der Waals surface area (Å²) in [6.07, 6.45) is 0.848. The van der Waals surface area contributed by atoms with E-state index in [0.717, 1.165) is 6.42 Å². The highest BCUT2D eigenvalue weighted by Crippen LogP contribution is 2.21. The van der Waals surface area contributed by atoms with Gasteiger partial charge in [-0.15, -0.1) is 0 Å². The first-order chi connectivity index (χ1) is 11.2. The van der Waals surface area contributed by atoms with Crippen molar-refractivity contribution >= 4 is 15.9 Å². The summed E-state index contributed by atoms with van der Waals surface area (Å²) in [6.45, 7) is 9.83. The molecule has 0 unspecified atom stereocenters. The van der Waals surface area contributed by atoms with Crippen LogP contribution in [-0.2, 0) is 14.8 Å². The van der Waals surface area contributed by atoms with Crippen LogP contribution in [0.25, 0.3) is 0 Å². The second-order valence-electron chi connectivity index (χ2n) is 6.34. The lowest BCUT2D eigenvalue weighted by molar-refractivity contribution is -0.123. The molecule has 0 fully saturated rings. The van der Waals surface area contributed by atoms with Crippen LogP contribution in [0.2, 0.25) is 0 Å². The number of sulfonamides is 1. The molecule has 0 aliphatic heterocycles. The summed E-state index contributed by atoms with van der Waals surface area (Å²) >= 11 is 0. The maximum absolute atomic E-state index is 12.2. The number of carbonyl (C=O) groups is 1. The van der Waals surface area contributed by atoms with Gasteiger partial charge in [0, 0.05) is 12.6 Å². The largest absolute Gasteiger partial charge is 0.484 e. The molecular weight excluding hydrogens is 328 g/mol. The van der Waals surface area contributed by atoms with Crippen LogP contribution in [0.3, 0.4) is 0 Å². The molecule has 1 amide bonds. The zero-order valence-corrected chi connectivity index (χ0v) is 15.9. The standard InChI is InChI=1S/C17H28N2O4S/c1-6-14(5)19-17(20)11-23-16-8-7-15(9-13(16)4)24(21,22)18-10-12(2)3/h7-9,12,14,18H,6,10-11H2,1-5H3,(H,19,20)/t14-/m1/s1. The van der Waals surface area contributed by atoms with Crippen molar-refractivity contribution in [3.05, 3.63) is 23.8 Å². The fraction of sp³-hybridized carbons (Fsp3) is 0.588. The van der Waals surface area contributed by atoms with Gasteiger partial charge in [-0.3, -0.25) is 4.79 Å². The third-order valence-electron chi connectivity index (χ3n) is 3.52. The van der Waals surface area contributed by atoms with Gasteiger partial charge in [-0.05, 0) is 49.9 Å². The highest BCUT2D eigenvalue weighted by molar-refractivity contribution is 7.89. The number of carbonyl (C=O) groups excluding carboxylic acids is 1. The molecule has 1 aromatic rings. The Morgan fingerprint density at radius 3 is 2.46 bits per heavy atom. The summed E-state index contributed by atoms with van der Waals surface area (Å²) in [5.74, 6) is 0.531. The van der Waals surface area contributed by atoms with Crippen molar-refractivity contribution in [2.75, 3.05) is 13.2 Å². The molecule has 0 saturated carbocycles. The minimum atomic E-state index is -3.53. The fourth-order valence-corrected chi connectivity index (χ4v) is 3.17. The topological polar surface area (TPSA) is 84.5 Å². The van der Waals surface area contributed by atoms with E-state index in [1.165, 1.54) is 6.07 Å². The van der Waals surface area contributed by atoms with Gasteiger partial charge in [-0.2, -0.15) is 0 Å². The molecule has 0 aliphatic carbocycles. The zero-order valence-electron chi connectivity index (χ0n) is 15.0. The maximum atomic E-state index is 12.2. The third kappa shape index (κ3) is 6.49. The van der Waals surface area contributed by atoms with Crippen LogP contribution in [0.4, 0.5) is 0 Å². The van der Waals surface area contributed by atoms with Gasteiger partial charge >= 0.3 is 0 Å². The van der Waals surface area contributed by atoms with E-state index in [1.807, 2.05) is 27.7 Å². The Hall–Kier alpha value is -1.60. The van der Waals surface area contributed by atoms with Gasteiger partial charge in [0.05, 0.1) is 4.90 Å². The molecule has 0 aliphatic rings. The van der Waals surface area contributed by atoms with Crippen LogP contribution in [0, 0.1) is 12.8 Å². The SMILES string of the molecule is CC[C@@H](C)NC(=O)COc1ccc(S(=O)(=O)NCC(C)C)cc1C. The molecule has 1 atom stereocenters. The normalized spacial score (nSPS) is 12.9. The van der Waals surface area contributed by atoms with Crippen molar-refractivity contribution in [2.24, 2.45) is 5.92 Å². The molecule has 0 saturated heterocycles. The van der Waals surface area contributed by atoms with Crippen LogP contribution in [0.15, 0.2) is 23.1 Å². The molecular formula is C17H28N2O4S. The highest BCUT2D eigenvalue weighted by atomic mass is 32.2. The number of amides is 1. The first kappa shape index (κ1) is 20.4. The van der Waals surface area contributed by atoms with Crippen LogP contribution in [0.1, 0.15) is 39.7 Å². The molecule has 0 bridgehead atoms. The Morgan fingerprint density at radius 2 is 1.92 bits per heavy atom. The Balaban J connectivity index is 2.73. The predicted octanol–water partition coefficient (Wildman–Crippen LogP) is 2.22. The average molecular weight is 356 g/mol. The van der Waals surface area contributed by atoms with Crippen LogP contribution < -0.4 is 14.8 Å². The third-order valence-corrected chi connectivity index (χ3v) is 4.94. The Kier molecular flexibility index (Phi) is 7.69. The van der Waals surface area contributed by atoms with Gasteiger partial charge in [-0.25, -0.2) is 13.1 Å². The van der Waals surface area contributed by atoms with E-state index in [9.17, 15) is 13.2 Å². The monoisotopic (exact) mass is 356 g/mol. The Bertz CT molecular complexity index is 657.